The molecule has 2 fully saturated rings. The molecule has 18 heavy (non-hydrogen) atoms. The molecule has 2 aliphatic carbocycles. The molecule has 1 aliphatic heterocycles. The van der Waals surface area contributed by atoms with E-state index in [0.717, 1.165) is 37.5 Å². The lowest BCUT2D eigenvalue weighted by molar-refractivity contribution is -0.142. The third kappa shape index (κ3) is 1.49. The van der Waals surface area contributed by atoms with Crippen LogP contribution in [0.2, 0.25) is 0 Å². The van der Waals surface area contributed by atoms with Crippen LogP contribution in [-0.4, -0.2) is 18.4 Å². The Labute approximate surface area is 107 Å². The van der Waals surface area contributed by atoms with Gasteiger partial charge in [-0.15, -0.1) is 0 Å². The van der Waals surface area contributed by atoms with Crippen LogP contribution in [0.1, 0.15) is 32.6 Å². The number of carbonyl (C=O) groups is 2. The molecule has 0 aromatic rings. The second-order valence-electron chi connectivity index (χ2n) is 6.08. The molecule has 0 radical (unpaired) electrons. The van der Waals surface area contributed by atoms with E-state index in [2.05, 4.69) is 19.6 Å². The van der Waals surface area contributed by atoms with Crippen molar-refractivity contribution < 1.29 is 14.3 Å². The Hall–Kier alpha value is -1.38. The minimum atomic E-state index is -0.246. The predicted molar refractivity (Wildman–Crippen MR) is 66.7 cm³/mol. The summed E-state index contributed by atoms with van der Waals surface area (Å²) < 4.78 is 5.41. The third-order valence-corrected chi connectivity index (χ3v) is 5.05. The number of allylic oxidation sites excluding steroid dienone is 2. The second-order valence-corrected chi connectivity index (χ2v) is 6.08. The van der Waals surface area contributed by atoms with Crippen molar-refractivity contribution in [1.29, 1.82) is 0 Å². The topological polar surface area (TPSA) is 43.4 Å². The number of esters is 1. The van der Waals surface area contributed by atoms with E-state index in [1.165, 1.54) is 0 Å². The van der Waals surface area contributed by atoms with Gasteiger partial charge in [0, 0.05) is 11.5 Å². The highest BCUT2D eigenvalue weighted by molar-refractivity contribution is 5.91. The van der Waals surface area contributed by atoms with E-state index in [-0.39, 0.29) is 29.3 Å². The number of carbonyl (C=O) groups excluding carboxylic acids is 2. The highest BCUT2D eigenvalue weighted by Gasteiger charge is 2.52. The van der Waals surface area contributed by atoms with Crippen molar-refractivity contribution in [1.82, 2.24) is 0 Å². The molecule has 0 bridgehead atoms. The summed E-state index contributed by atoms with van der Waals surface area (Å²) in [7, 11) is 0. The molecule has 0 spiro atoms. The highest BCUT2D eigenvalue weighted by atomic mass is 16.6. The van der Waals surface area contributed by atoms with Gasteiger partial charge in [0.05, 0.1) is 0 Å². The molecule has 96 valence electrons. The minimum Gasteiger partial charge on any atom is -0.458 e. The number of hydrogen-bond acceptors (Lipinski definition) is 3. The van der Waals surface area contributed by atoms with Gasteiger partial charge in [0.25, 0.3) is 0 Å². The van der Waals surface area contributed by atoms with Crippen LogP contribution in [0.5, 0.6) is 0 Å². The predicted octanol–water partition coefficient (Wildman–Crippen LogP) is 2.42. The van der Waals surface area contributed by atoms with Gasteiger partial charge < -0.3 is 4.74 Å². The molecule has 0 aromatic heterocycles. The Morgan fingerprint density at radius 3 is 3.06 bits per heavy atom. The van der Waals surface area contributed by atoms with Crippen LogP contribution >= 0.6 is 0 Å². The normalized spacial score (nSPS) is 42.7. The number of ether oxygens (including phenoxy) is 1. The zero-order valence-corrected chi connectivity index (χ0v) is 10.6. The molecular weight excluding hydrogens is 228 g/mol. The molecule has 0 amide bonds. The Kier molecular flexibility index (Phi) is 2.47. The van der Waals surface area contributed by atoms with Gasteiger partial charge >= 0.3 is 5.97 Å². The highest BCUT2D eigenvalue weighted by Crippen LogP contribution is 2.55. The summed E-state index contributed by atoms with van der Waals surface area (Å²) in [6, 6.07) is 0. The fourth-order valence-corrected chi connectivity index (χ4v) is 3.95. The van der Waals surface area contributed by atoms with Gasteiger partial charge in [-0.1, -0.05) is 19.6 Å². The van der Waals surface area contributed by atoms with Crippen molar-refractivity contribution in [3.63, 3.8) is 0 Å². The number of rotatable bonds is 1. The van der Waals surface area contributed by atoms with E-state index in [0.29, 0.717) is 5.57 Å². The van der Waals surface area contributed by atoms with Gasteiger partial charge in [-0.25, -0.2) is 4.79 Å². The fourth-order valence-electron chi connectivity index (χ4n) is 3.95. The standard InChI is InChI=1S/C15H18O3/c1-9-11-6-12-10(8-16)4-3-5-15(12,2)7-13(11)18-14(9)17/h4,8,11-13H,1,3,5-7H2,2H3. The van der Waals surface area contributed by atoms with Crippen molar-refractivity contribution in [2.24, 2.45) is 17.3 Å². The van der Waals surface area contributed by atoms with Crippen LogP contribution in [0.3, 0.4) is 0 Å². The number of fused-ring (bicyclic) bond motifs is 2. The molecular formula is C15H18O3. The largest absolute Gasteiger partial charge is 0.458 e. The van der Waals surface area contributed by atoms with Crippen molar-refractivity contribution >= 4 is 12.3 Å². The molecule has 3 aliphatic rings. The zero-order valence-electron chi connectivity index (χ0n) is 10.6. The quantitative estimate of drug-likeness (QED) is 0.405. The summed E-state index contributed by atoms with van der Waals surface area (Å²) in [6.07, 6.45) is 6.74. The first-order valence-corrected chi connectivity index (χ1v) is 6.60. The first-order valence-electron chi connectivity index (χ1n) is 6.60. The lowest BCUT2D eigenvalue weighted by atomic mass is 9.57. The average molecular weight is 246 g/mol. The molecule has 3 heteroatoms. The monoisotopic (exact) mass is 246 g/mol. The first kappa shape index (κ1) is 11.7. The van der Waals surface area contributed by atoms with Crippen LogP contribution in [-0.2, 0) is 14.3 Å². The van der Waals surface area contributed by atoms with Crippen LogP contribution in [0.4, 0.5) is 0 Å². The SMILES string of the molecule is C=C1C(=O)OC2CC3(C)CCC=C(C=O)C3CC12. The molecule has 4 unspecified atom stereocenters. The van der Waals surface area contributed by atoms with Crippen molar-refractivity contribution in [3.8, 4) is 0 Å². The minimum absolute atomic E-state index is 0.0164. The lowest BCUT2D eigenvalue weighted by Gasteiger charge is -2.47. The maximum absolute atomic E-state index is 11.6. The Morgan fingerprint density at radius 2 is 2.33 bits per heavy atom. The summed E-state index contributed by atoms with van der Waals surface area (Å²) in [5.41, 5.74) is 1.60. The number of aldehydes is 1. The van der Waals surface area contributed by atoms with Gasteiger partial charge in [0.15, 0.2) is 0 Å². The molecule has 1 heterocycles. The van der Waals surface area contributed by atoms with E-state index in [1.54, 1.807) is 0 Å². The van der Waals surface area contributed by atoms with E-state index < -0.39 is 0 Å². The lowest BCUT2D eigenvalue weighted by Crippen LogP contribution is -2.43. The van der Waals surface area contributed by atoms with Crippen molar-refractivity contribution in [2.45, 2.75) is 38.7 Å². The van der Waals surface area contributed by atoms with Gasteiger partial charge in [0.1, 0.15) is 12.4 Å². The van der Waals surface area contributed by atoms with E-state index in [9.17, 15) is 9.59 Å². The summed E-state index contributed by atoms with van der Waals surface area (Å²) >= 11 is 0. The molecule has 0 aromatic carbocycles. The number of hydrogen-bond donors (Lipinski definition) is 0. The summed E-state index contributed by atoms with van der Waals surface area (Å²) in [4.78, 5) is 22.8. The van der Waals surface area contributed by atoms with Gasteiger partial charge in [-0.3, -0.25) is 4.79 Å². The first-order chi connectivity index (χ1) is 8.55. The van der Waals surface area contributed by atoms with Crippen molar-refractivity contribution in [2.75, 3.05) is 0 Å². The van der Waals surface area contributed by atoms with Crippen LogP contribution < -0.4 is 0 Å². The zero-order chi connectivity index (χ0) is 12.9. The Balaban J connectivity index is 1.94. The molecule has 4 atom stereocenters. The van der Waals surface area contributed by atoms with Crippen molar-refractivity contribution in [3.05, 3.63) is 23.8 Å². The summed E-state index contributed by atoms with van der Waals surface area (Å²) in [5, 5.41) is 0. The maximum atomic E-state index is 11.6. The van der Waals surface area contributed by atoms with E-state index in [1.807, 2.05) is 0 Å². The third-order valence-electron chi connectivity index (χ3n) is 5.05. The van der Waals surface area contributed by atoms with Gasteiger partial charge in [0.2, 0.25) is 0 Å². The fraction of sp³-hybridized carbons (Fsp3) is 0.600. The van der Waals surface area contributed by atoms with E-state index >= 15 is 0 Å². The van der Waals surface area contributed by atoms with E-state index in [4.69, 9.17) is 4.74 Å². The van der Waals surface area contributed by atoms with Crippen LogP contribution in [0, 0.1) is 17.3 Å². The van der Waals surface area contributed by atoms with Gasteiger partial charge in [-0.05, 0) is 42.6 Å². The van der Waals surface area contributed by atoms with Crippen LogP contribution in [0.15, 0.2) is 23.8 Å². The Bertz CT molecular complexity index is 462. The van der Waals surface area contributed by atoms with Gasteiger partial charge in [-0.2, -0.15) is 0 Å². The molecule has 3 rings (SSSR count). The Morgan fingerprint density at radius 1 is 1.56 bits per heavy atom. The molecule has 1 saturated heterocycles. The smallest absolute Gasteiger partial charge is 0.334 e. The molecule has 1 saturated carbocycles. The van der Waals surface area contributed by atoms with Crippen LogP contribution in [0.25, 0.3) is 0 Å². The summed E-state index contributed by atoms with van der Waals surface area (Å²) in [6.45, 7) is 6.07. The molecule has 3 nitrogen and oxygen atoms in total. The molecule has 0 N–H and O–H groups in total. The average Bonchev–Trinajstić information content (AvgIpc) is 2.60. The second kappa shape index (κ2) is 3.81. The summed E-state index contributed by atoms with van der Waals surface area (Å²) in [5.74, 6) is 0.122. The maximum Gasteiger partial charge on any atom is 0.334 e.